The van der Waals surface area contributed by atoms with E-state index < -0.39 is 5.97 Å². The highest BCUT2D eigenvalue weighted by atomic mass is 16.5. The molecular formula is C32H48O5. The summed E-state index contributed by atoms with van der Waals surface area (Å²) in [7, 11) is 0. The second-order valence-corrected chi connectivity index (χ2v) is 13.8. The van der Waals surface area contributed by atoms with Gasteiger partial charge in [-0.25, -0.2) is 4.79 Å². The van der Waals surface area contributed by atoms with Crippen LogP contribution in [0, 0.1) is 39.4 Å². The Balaban J connectivity index is 1.73. The molecule has 0 aliphatic heterocycles. The van der Waals surface area contributed by atoms with Gasteiger partial charge >= 0.3 is 11.9 Å². The summed E-state index contributed by atoms with van der Waals surface area (Å²) in [5, 5.41) is 20.1. The highest BCUT2D eigenvalue weighted by molar-refractivity contribution is 5.85. The normalized spacial score (nSPS) is 41.5. The Hall–Kier alpha value is -1.88. The van der Waals surface area contributed by atoms with Gasteiger partial charge in [0, 0.05) is 17.9 Å². The van der Waals surface area contributed by atoms with Gasteiger partial charge in [0.25, 0.3) is 0 Å². The van der Waals surface area contributed by atoms with Crippen molar-refractivity contribution in [3.05, 3.63) is 34.9 Å². The largest absolute Gasteiger partial charge is 0.478 e. The van der Waals surface area contributed by atoms with Crippen LogP contribution in [-0.2, 0) is 14.3 Å². The van der Waals surface area contributed by atoms with Gasteiger partial charge in [-0.15, -0.1) is 0 Å². The van der Waals surface area contributed by atoms with Crippen molar-refractivity contribution in [1.82, 2.24) is 0 Å². The number of allylic oxidation sites excluding steroid dienone is 4. The maximum Gasteiger partial charge on any atom is 0.330 e. The molecule has 206 valence electrons. The molecule has 2 fully saturated rings. The molecule has 2 N–H and O–H groups in total. The first-order valence-electron chi connectivity index (χ1n) is 14.3. The first-order chi connectivity index (χ1) is 17.1. The van der Waals surface area contributed by atoms with Gasteiger partial charge in [0.05, 0.1) is 6.10 Å². The summed E-state index contributed by atoms with van der Waals surface area (Å²) in [5.41, 5.74) is 2.68. The first kappa shape index (κ1) is 28.1. The van der Waals surface area contributed by atoms with Crippen LogP contribution < -0.4 is 0 Å². The van der Waals surface area contributed by atoms with Gasteiger partial charge in [-0.1, -0.05) is 59.8 Å². The molecule has 0 amide bonds. The minimum atomic E-state index is -0.859. The zero-order chi connectivity index (χ0) is 27.6. The zero-order valence-corrected chi connectivity index (χ0v) is 24.2. The van der Waals surface area contributed by atoms with E-state index in [0.29, 0.717) is 23.3 Å². The molecule has 37 heavy (non-hydrogen) atoms. The SMILES string of the molecule is CC(=O)O[C@H]1C[C@H]([C@H](C)CC/C=C(\C)C(=O)O)[C@@]2(C)CC=C3C(=CC[C@@H]4C(C)(C)[C@@H](O)CC[C@]34C)[C@]12C. The van der Waals surface area contributed by atoms with Crippen LogP contribution in [0.15, 0.2) is 34.9 Å². The summed E-state index contributed by atoms with van der Waals surface area (Å²) in [6, 6.07) is 0. The van der Waals surface area contributed by atoms with E-state index >= 15 is 0 Å². The van der Waals surface area contributed by atoms with Crippen LogP contribution in [0.25, 0.3) is 0 Å². The Bertz CT molecular complexity index is 1050. The first-order valence-corrected chi connectivity index (χ1v) is 14.3. The van der Waals surface area contributed by atoms with Gasteiger partial charge in [0.15, 0.2) is 0 Å². The van der Waals surface area contributed by atoms with Crippen molar-refractivity contribution < 1.29 is 24.5 Å². The van der Waals surface area contributed by atoms with Crippen molar-refractivity contribution in [3.63, 3.8) is 0 Å². The molecule has 0 radical (unpaired) electrons. The van der Waals surface area contributed by atoms with Gasteiger partial charge in [-0.2, -0.15) is 0 Å². The molecule has 4 rings (SSSR count). The lowest BCUT2D eigenvalue weighted by molar-refractivity contribution is -0.152. The molecule has 0 heterocycles. The van der Waals surface area contributed by atoms with Crippen LogP contribution in [0.5, 0.6) is 0 Å². The third-order valence-electron chi connectivity index (χ3n) is 11.7. The van der Waals surface area contributed by atoms with E-state index in [1.807, 2.05) is 6.08 Å². The molecule has 5 heteroatoms. The Morgan fingerprint density at radius 1 is 1.14 bits per heavy atom. The fraction of sp³-hybridized carbons (Fsp3) is 0.750. The Morgan fingerprint density at radius 3 is 2.43 bits per heavy atom. The number of rotatable bonds is 6. The summed E-state index contributed by atoms with van der Waals surface area (Å²) < 4.78 is 6.14. The van der Waals surface area contributed by atoms with Crippen molar-refractivity contribution in [1.29, 1.82) is 0 Å². The fourth-order valence-electron chi connectivity index (χ4n) is 9.13. The number of aliphatic hydroxyl groups excluding tert-OH is 1. The number of carboxylic acids is 1. The third kappa shape index (κ3) is 4.15. The number of carboxylic acid groups (broad SMARTS) is 1. The Morgan fingerprint density at radius 2 is 1.81 bits per heavy atom. The lowest BCUT2D eigenvalue weighted by Gasteiger charge is -2.61. The minimum absolute atomic E-state index is 0.000777. The average Bonchev–Trinajstić information content (AvgIpc) is 3.03. The number of esters is 1. The standard InChI is InChI=1S/C32H48O5/c1-19(10-9-11-20(2)28(35)36)24-18-27(37-21(3)33)32(8)23-12-13-25-29(4,5)26(34)15-16-30(25,6)22(23)14-17-31(24,32)7/h11-12,14,19,24-27,34H,9-10,13,15-18H2,1-8H3,(H,35,36)/b20-11+/t19-,24-,25-,26+,27+,30-,31-,32-/m1/s1. The van der Waals surface area contributed by atoms with Crippen molar-refractivity contribution in [2.75, 3.05) is 0 Å². The van der Waals surface area contributed by atoms with E-state index in [0.717, 1.165) is 44.9 Å². The fourth-order valence-corrected chi connectivity index (χ4v) is 9.13. The van der Waals surface area contributed by atoms with Gasteiger partial charge in [0.2, 0.25) is 0 Å². The molecule has 0 spiro atoms. The van der Waals surface area contributed by atoms with Gasteiger partial charge < -0.3 is 14.9 Å². The molecule has 4 aliphatic carbocycles. The zero-order valence-electron chi connectivity index (χ0n) is 24.2. The highest BCUT2D eigenvalue weighted by Crippen LogP contribution is 2.72. The number of hydrogen-bond acceptors (Lipinski definition) is 4. The minimum Gasteiger partial charge on any atom is -0.478 e. The number of fused-ring (bicyclic) bond motifs is 5. The molecular weight excluding hydrogens is 464 g/mol. The number of aliphatic hydroxyl groups is 1. The summed E-state index contributed by atoms with van der Waals surface area (Å²) in [5.74, 6) is 0.0188. The number of hydrogen-bond donors (Lipinski definition) is 2. The second-order valence-electron chi connectivity index (χ2n) is 13.8. The summed E-state index contributed by atoms with van der Waals surface area (Å²) in [6.45, 7) is 17.1. The summed E-state index contributed by atoms with van der Waals surface area (Å²) >= 11 is 0. The topological polar surface area (TPSA) is 83.8 Å². The van der Waals surface area contributed by atoms with Crippen LogP contribution in [0.4, 0.5) is 0 Å². The molecule has 0 saturated heterocycles. The van der Waals surface area contributed by atoms with Crippen LogP contribution in [0.2, 0.25) is 0 Å². The van der Waals surface area contributed by atoms with Crippen LogP contribution in [0.3, 0.4) is 0 Å². The molecule has 0 aromatic rings. The lowest BCUT2D eigenvalue weighted by Crippen LogP contribution is -2.56. The van der Waals surface area contributed by atoms with Crippen molar-refractivity contribution in [3.8, 4) is 0 Å². The molecule has 0 aromatic carbocycles. The lowest BCUT2D eigenvalue weighted by atomic mass is 9.44. The van der Waals surface area contributed by atoms with E-state index in [9.17, 15) is 19.8 Å². The maximum atomic E-state index is 12.3. The van der Waals surface area contributed by atoms with Crippen LogP contribution in [0.1, 0.15) is 100 Å². The molecule has 5 nitrogen and oxygen atoms in total. The smallest absolute Gasteiger partial charge is 0.330 e. The maximum absolute atomic E-state index is 12.3. The summed E-state index contributed by atoms with van der Waals surface area (Å²) in [4.78, 5) is 23.6. The van der Waals surface area contributed by atoms with Crippen LogP contribution in [-0.4, -0.2) is 34.4 Å². The summed E-state index contributed by atoms with van der Waals surface area (Å²) in [6.07, 6.45) is 12.4. The quantitative estimate of drug-likeness (QED) is 0.300. The van der Waals surface area contributed by atoms with E-state index in [4.69, 9.17) is 4.74 Å². The van der Waals surface area contributed by atoms with E-state index in [1.165, 1.54) is 18.1 Å². The van der Waals surface area contributed by atoms with E-state index in [2.05, 4.69) is 53.7 Å². The average molecular weight is 513 g/mol. The molecule has 0 unspecified atom stereocenters. The Labute approximate surface area is 223 Å². The number of aliphatic carboxylic acids is 1. The van der Waals surface area contributed by atoms with E-state index in [-0.39, 0.29) is 39.8 Å². The predicted octanol–water partition coefficient (Wildman–Crippen LogP) is 6.86. The molecule has 4 aliphatic rings. The number of ether oxygens (including phenoxy) is 1. The van der Waals surface area contributed by atoms with E-state index in [1.54, 1.807) is 6.92 Å². The monoisotopic (exact) mass is 512 g/mol. The molecule has 0 bridgehead atoms. The molecule has 2 saturated carbocycles. The Kier molecular flexibility index (Phi) is 7.14. The van der Waals surface area contributed by atoms with Gasteiger partial charge in [-0.3, -0.25) is 4.79 Å². The van der Waals surface area contributed by atoms with Crippen molar-refractivity contribution >= 4 is 11.9 Å². The molecule has 0 aromatic heterocycles. The van der Waals surface area contributed by atoms with Gasteiger partial charge in [-0.05, 0) is 97.0 Å². The van der Waals surface area contributed by atoms with Crippen molar-refractivity contribution in [2.45, 2.75) is 113 Å². The van der Waals surface area contributed by atoms with Crippen LogP contribution >= 0.6 is 0 Å². The second kappa shape index (κ2) is 9.39. The predicted molar refractivity (Wildman–Crippen MR) is 146 cm³/mol. The number of carbonyl (C=O) groups is 2. The molecule has 8 atom stereocenters. The number of carbonyl (C=O) groups excluding carboxylic acids is 1. The third-order valence-corrected chi connectivity index (χ3v) is 11.7. The van der Waals surface area contributed by atoms with Crippen molar-refractivity contribution in [2.24, 2.45) is 39.4 Å². The van der Waals surface area contributed by atoms with Gasteiger partial charge in [0.1, 0.15) is 6.10 Å². The highest BCUT2D eigenvalue weighted by Gasteiger charge is 2.67.